The molecule has 1 aliphatic carbocycles. The van der Waals surface area contributed by atoms with E-state index in [-0.39, 0.29) is 0 Å². The highest BCUT2D eigenvalue weighted by atomic mass is 15.1. The molecule has 3 heteroatoms. The first-order chi connectivity index (χ1) is 8.11. The lowest BCUT2D eigenvalue weighted by atomic mass is 9.76. The van der Waals surface area contributed by atoms with Crippen molar-refractivity contribution >= 4 is 0 Å². The number of rotatable bonds is 4. The van der Waals surface area contributed by atoms with E-state index in [2.05, 4.69) is 36.3 Å². The first-order valence-electron chi connectivity index (χ1n) is 6.82. The summed E-state index contributed by atoms with van der Waals surface area (Å²) in [6.45, 7) is 8.68. The summed E-state index contributed by atoms with van der Waals surface area (Å²) in [5.74, 6) is 0. The van der Waals surface area contributed by atoms with Crippen LogP contribution in [0.1, 0.15) is 56.0 Å². The van der Waals surface area contributed by atoms with Gasteiger partial charge in [0.2, 0.25) is 0 Å². The quantitative estimate of drug-likeness (QED) is 0.842. The molecule has 96 valence electrons. The van der Waals surface area contributed by atoms with Crippen LogP contribution in [0.5, 0.6) is 0 Å². The van der Waals surface area contributed by atoms with Gasteiger partial charge in [-0.25, -0.2) is 0 Å². The van der Waals surface area contributed by atoms with Crippen molar-refractivity contribution < 1.29 is 0 Å². The van der Waals surface area contributed by atoms with Gasteiger partial charge >= 0.3 is 0 Å². The topological polar surface area (TPSA) is 40.7 Å². The molecule has 0 saturated heterocycles. The maximum atomic E-state index is 4.23. The molecule has 0 aliphatic heterocycles. The summed E-state index contributed by atoms with van der Waals surface area (Å²) in [7, 11) is 0. The highest BCUT2D eigenvalue weighted by Crippen LogP contribution is 2.34. The summed E-state index contributed by atoms with van der Waals surface area (Å²) < 4.78 is 0. The van der Waals surface area contributed by atoms with E-state index in [1.165, 1.54) is 43.4 Å². The van der Waals surface area contributed by atoms with Crippen LogP contribution in [-0.4, -0.2) is 16.7 Å². The highest BCUT2D eigenvalue weighted by molar-refractivity contribution is 5.22. The maximum absolute atomic E-state index is 4.23. The van der Waals surface area contributed by atoms with Crippen molar-refractivity contribution in [2.75, 3.05) is 6.54 Å². The van der Waals surface area contributed by atoms with E-state index < -0.39 is 0 Å². The van der Waals surface area contributed by atoms with Gasteiger partial charge in [-0.1, -0.05) is 26.2 Å². The van der Waals surface area contributed by atoms with Gasteiger partial charge in [-0.2, -0.15) is 5.10 Å². The lowest BCUT2D eigenvalue weighted by Crippen LogP contribution is -2.33. The van der Waals surface area contributed by atoms with Gasteiger partial charge in [0, 0.05) is 24.3 Å². The molecule has 0 radical (unpaired) electrons. The van der Waals surface area contributed by atoms with Crippen LogP contribution in [0.3, 0.4) is 0 Å². The van der Waals surface area contributed by atoms with Crippen LogP contribution in [0.15, 0.2) is 0 Å². The summed E-state index contributed by atoms with van der Waals surface area (Å²) >= 11 is 0. The molecule has 0 bridgehead atoms. The molecule has 1 aliphatic rings. The molecule has 2 rings (SSSR count). The Morgan fingerprint density at radius 3 is 2.53 bits per heavy atom. The summed E-state index contributed by atoms with van der Waals surface area (Å²) in [5.41, 5.74) is 4.18. The second kappa shape index (κ2) is 5.21. The summed E-state index contributed by atoms with van der Waals surface area (Å²) in [6.07, 6.45) is 6.99. The minimum Gasteiger partial charge on any atom is -0.312 e. The molecule has 1 fully saturated rings. The number of nitrogens with one attached hydrogen (secondary N) is 2. The van der Waals surface area contributed by atoms with Gasteiger partial charge in [0.25, 0.3) is 0 Å². The molecule has 1 aromatic heterocycles. The molecule has 1 saturated carbocycles. The van der Waals surface area contributed by atoms with Crippen LogP contribution >= 0.6 is 0 Å². The van der Waals surface area contributed by atoms with Gasteiger partial charge in [0.1, 0.15) is 0 Å². The fraction of sp³-hybridized carbons (Fsp3) is 0.786. The number of aromatic amines is 1. The van der Waals surface area contributed by atoms with Gasteiger partial charge in [0.15, 0.2) is 0 Å². The second-order valence-electron chi connectivity index (χ2n) is 5.89. The van der Waals surface area contributed by atoms with E-state index >= 15 is 0 Å². The molecule has 17 heavy (non-hydrogen) atoms. The van der Waals surface area contributed by atoms with Crippen LogP contribution in [0.2, 0.25) is 0 Å². The Kier molecular flexibility index (Phi) is 3.87. The largest absolute Gasteiger partial charge is 0.312 e. The number of hydrogen-bond donors (Lipinski definition) is 2. The predicted octanol–water partition coefficient (Wildman–Crippen LogP) is 3.09. The Hall–Kier alpha value is -0.830. The molecule has 1 heterocycles. The zero-order valence-electron chi connectivity index (χ0n) is 11.4. The number of nitrogens with zero attached hydrogens (tertiary/aromatic N) is 1. The summed E-state index contributed by atoms with van der Waals surface area (Å²) in [5, 5.41) is 10.9. The third-order valence-electron chi connectivity index (χ3n) is 4.19. The average Bonchev–Trinajstić information content (AvgIpc) is 2.61. The molecule has 2 N–H and O–H groups in total. The second-order valence-corrected chi connectivity index (χ2v) is 5.89. The summed E-state index contributed by atoms with van der Waals surface area (Å²) in [4.78, 5) is 0. The minimum absolute atomic E-state index is 0.518. The Morgan fingerprint density at radius 2 is 1.94 bits per heavy atom. The first-order valence-corrected chi connectivity index (χ1v) is 6.82. The Balaban J connectivity index is 1.83. The van der Waals surface area contributed by atoms with E-state index in [0.717, 1.165) is 18.8 Å². The van der Waals surface area contributed by atoms with Crippen molar-refractivity contribution in [1.82, 2.24) is 15.5 Å². The summed E-state index contributed by atoms with van der Waals surface area (Å²) in [6, 6.07) is 0. The van der Waals surface area contributed by atoms with Crippen molar-refractivity contribution in [2.45, 2.75) is 59.4 Å². The van der Waals surface area contributed by atoms with Crippen molar-refractivity contribution in [1.29, 1.82) is 0 Å². The monoisotopic (exact) mass is 235 g/mol. The van der Waals surface area contributed by atoms with Gasteiger partial charge in [-0.15, -0.1) is 0 Å². The lowest BCUT2D eigenvalue weighted by Gasteiger charge is -2.33. The Morgan fingerprint density at radius 1 is 1.24 bits per heavy atom. The SMILES string of the molecule is Cc1n[nH]c(C)c1CNCC1(C)CCCCC1. The zero-order valence-corrected chi connectivity index (χ0v) is 11.4. The van der Waals surface area contributed by atoms with Crippen LogP contribution in [-0.2, 0) is 6.54 Å². The Labute approximate surface area is 104 Å². The van der Waals surface area contributed by atoms with Crippen molar-refractivity contribution in [2.24, 2.45) is 5.41 Å². The van der Waals surface area contributed by atoms with Crippen LogP contribution in [0, 0.1) is 19.3 Å². The normalized spacial score (nSPS) is 19.5. The fourth-order valence-electron chi connectivity index (χ4n) is 2.91. The third kappa shape index (κ3) is 3.09. The fourth-order valence-corrected chi connectivity index (χ4v) is 2.91. The number of H-pyrrole nitrogens is 1. The average molecular weight is 235 g/mol. The predicted molar refractivity (Wildman–Crippen MR) is 71.0 cm³/mol. The molecule has 0 amide bonds. The molecule has 1 aromatic rings. The first kappa shape index (κ1) is 12.6. The van der Waals surface area contributed by atoms with Gasteiger partial charge in [-0.3, -0.25) is 5.10 Å². The van der Waals surface area contributed by atoms with Crippen molar-refractivity contribution in [3.8, 4) is 0 Å². The van der Waals surface area contributed by atoms with Crippen LogP contribution < -0.4 is 5.32 Å². The molecule has 3 nitrogen and oxygen atoms in total. The van der Waals surface area contributed by atoms with Gasteiger partial charge in [-0.05, 0) is 32.1 Å². The number of aromatic nitrogens is 2. The molecule has 0 atom stereocenters. The van der Waals surface area contributed by atoms with Gasteiger partial charge < -0.3 is 5.32 Å². The lowest BCUT2D eigenvalue weighted by molar-refractivity contribution is 0.207. The molecular formula is C14H25N3. The molecule has 0 spiro atoms. The van der Waals surface area contributed by atoms with E-state index in [4.69, 9.17) is 0 Å². The zero-order chi connectivity index (χ0) is 12.3. The van der Waals surface area contributed by atoms with Gasteiger partial charge in [0.05, 0.1) is 5.69 Å². The van der Waals surface area contributed by atoms with Crippen LogP contribution in [0.4, 0.5) is 0 Å². The van der Waals surface area contributed by atoms with E-state index in [0.29, 0.717) is 5.41 Å². The third-order valence-corrected chi connectivity index (χ3v) is 4.19. The standard InChI is InChI=1S/C14H25N3/c1-11-13(12(2)17-16-11)9-15-10-14(3)7-5-4-6-8-14/h15H,4-10H2,1-3H3,(H,16,17). The smallest absolute Gasteiger partial charge is 0.0638 e. The highest BCUT2D eigenvalue weighted by Gasteiger charge is 2.26. The van der Waals surface area contributed by atoms with Crippen molar-refractivity contribution in [3.05, 3.63) is 17.0 Å². The molecule has 0 aromatic carbocycles. The van der Waals surface area contributed by atoms with E-state index in [1.807, 2.05) is 0 Å². The Bertz CT molecular complexity index is 342. The number of aryl methyl sites for hydroxylation is 2. The van der Waals surface area contributed by atoms with E-state index in [1.54, 1.807) is 0 Å². The molecular weight excluding hydrogens is 210 g/mol. The van der Waals surface area contributed by atoms with Crippen molar-refractivity contribution in [3.63, 3.8) is 0 Å². The number of hydrogen-bond acceptors (Lipinski definition) is 2. The molecule has 0 unspecified atom stereocenters. The maximum Gasteiger partial charge on any atom is 0.0638 e. The minimum atomic E-state index is 0.518. The van der Waals surface area contributed by atoms with Crippen LogP contribution in [0.25, 0.3) is 0 Å². The van der Waals surface area contributed by atoms with E-state index in [9.17, 15) is 0 Å².